The minimum Gasteiger partial charge on any atom is -0.478 e. The van der Waals surface area contributed by atoms with Gasteiger partial charge in [-0.1, -0.05) is 19.7 Å². The van der Waals surface area contributed by atoms with Crippen LogP contribution in [0.5, 0.6) is 0 Å². The highest BCUT2D eigenvalue weighted by molar-refractivity contribution is 5.86. The van der Waals surface area contributed by atoms with Crippen LogP contribution in [-0.4, -0.2) is 35.1 Å². The van der Waals surface area contributed by atoms with Crippen LogP contribution in [0.2, 0.25) is 0 Å². The van der Waals surface area contributed by atoms with Gasteiger partial charge in [0.2, 0.25) is 5.91 Å². The number of likely N-dealkylation sites (N-methyl/N-ethyl adjacent to an activating group) is 1. The van der Waals surface area contributed by atoms with Crippen molar-refractivity contribution in [2.24, 2.45) is 0 Å². The Labute approximate surface area is 93.6 Å². The first-order chi connectivity index (χ1) is 7.35. The summed E-state index contributed by atoms with van der Waals surface area (Å²) in [6.45, 7) is 9.14. The summed E-state index contributed by atoms with van der Waals surface area (Å²) >= 11 is 0. The number of carbonyl (C=O) groups excluding carboxylic acids is 1. The van der Waals surface area contributed by atoms with Gasteiger partial charge in [-0.2, -0.15) is 0 Å². The topological polar surface area (TPSA) is 104 Å². The Bertz CT molecular complexity index is 252. The van der Waals surface area contributed by atoms with Gasteiger partial charge in [-0.25, -0.2) is 9.59 Å². The molecule has 0 aromatic rings. The van der Waals surface area contributed by atoms with Gasteiger partial charge < -0.3 is 15.5 Å². The molecule has 0 bridgehead atoms. The highest BCUT2D eigenvalue weighted by Gasteiger charge is 1.78. The Morgan fingerprint density at radius 3 is 1.19 bits per heavy atom. The molecule has 0 saturated carbocycles. The fraction of sp³-hybridized carbons (Fsp3) is 0.100. The van der Waals surface area contributed by atoms with Crippen LogP contribution in [-0.2, 0) is 14.4 Å². The molecule has 0 aromatic carbocycles. The normalized spacial score (nSPS) is 6.56. The number of carboxylic acid groups (broad SMARTS) is 2. The highest BCUT2D eigenvalue weighted by Crippen LogP contribution is 1.56. The lowest BCUT2D eigenvalue weighted by molar-refractivity contribution is -0.132. The van der Waals surface area contributed by atoms with E-state index in [4.69, 9.17) is 10.2 Å². The van der Waals surface area contributed by atoms with Gasteiger partial charge >= 0.3 is 11.9 Å². The summed E-state index contributed by atoms with van der Waals surface area (Å²) in [5.74, 6) is -2.11. The molecule has 3 N–H and O–H groups in total. The Balaban J connectivity index is -0.000000160. The van der Waals surface area contributed by atoms with Crippen molar-refractivity contribution in [1.82, 2.24) is 5.32 Å². The largest absolute Gasteiger partial charge is 0.478 e. The van der Waals surface area contributed by atoms with Crippen LogP contribution >= 0.6 is 0 Å². The molecule has 1 amide bonds. The van der Waals surface area contributed by atoms with Crippen LogP contribution in [0, 0.1) is 0 Å². The molecule has 0 aliphatic heterocycles. The molecular weight excluding hydrogens is 214 g/mol. The predicted molar refractivity (Wildman–Crippen MR) is 59.9 cm³/mol. The Kier molecular flexibility index (Phi) is 18.2. The quantitative estimate of drug-likeness (QED) is 0.609. The smallest absolute Gasteiger partial charge is 0.327 e. The van der Waals surface area contributed by atoms with Crippen molar-refractivity contribution in [3.8, 4) is 0 Å². The molecule has 0 spiro atoms. The Morgan fingerprint density at radius 1 is 0.938 bits per heavy atom. The fourth-order valence-corrected chi connectivity index (χ4v) is 0.102. The summed E-state index contributed by atoms with van der Waals surface area (Å²) in [6.07, 6.45) is 2.89. The molecule has 0 saturated heterocycles. The van der Waals surface area contributed by atoms with Crippen LogP contribution in [0.4, 0.5) is 0 Å². The highest BCUT2D eigenvalue weighted by atomic mass is 16.4. The van der Waals surface area contributed by atoms with Gasteiger partial charge in [0.15, 0.2) is 0 Å². The molecule has 0 fully saturated rings. The molecule has 6 nitrogen and oxygen atoms in total. The van der Waals surface area contributed by atoms with Gasteiger partial charge in [-0.15, -0.1) is 0 Å². The second-order valence-corrected chi connectivity index (χ2v) is 1.90. The minimum atomic E-state index is -0.981. The van der Waals surface area contributed by atoms with E-state index in [1.807, 2.05) is 0 Å². The lowest BCUT2D eigenvalue weighted by Gasteiger charge is -1.82. The van der Waals surface area contributed by atoms with Crippen LogP contribution < -0.4 is 5.32 Å². The average Bonchev–Trinajstić information content (AvgIpc) is 2.29. The lowest BCUT2D eigenvalue weighted by atomic mass is 10.6. The van der Waals surface area contributed by atoms with Gasteiger partial charge in [-0.05, 0) is 6.08 Å². The van der Waals surface area contributed by atoms with Crippen molar-refractivity contribution in [3.63, 3.8) is 0 Å². The first-order valence-corrected chi connectivity index (χ1v) is 3.90. The van der Waals surface area contributed by atoms with Gasteiger partial charge in [-0.3, -0.25) is 4.79 Å². The molecule has 0 unspecified atom stereocenters. The standard InChI is InChI=1S/C4H7NO.2C3H4O2/c1-3-4(6)5-2;2*1-2-3(4)5/h3H,1H2,2H3,(H,5,6);2*2H,1H2,(H,4,5). The zero-order chi connectivity index (χ0) is 13.6. The molecule has 6 heteroatoms. The first-order valence-electron chi connectivity index (χ1n) is 3.90. The number of hydrogen-bond acceptors (Lipinski definition) is 3. The van der Waals surface area contributed by atoms with Crippen molar-refractivity contribution >= 4 is 17.8 Å². The molecule has 0 aliphatic carbocycles. The molecule has 0 radical (unpaired) electrons. The molecular formula is C10H15NO5. The second kappa shape index (κ2) is 15.1. The van der Waals surface area contributed by atoms with E-state index in [1.165, 1.54) is 6.08 Å². The molecule has 90 valence electrons. The number of aliphatic carboxylic acids is 2. The predicted octanol–water partition coefficient (Wildman–Crippen LogP) is 0.432. The van der Waals surface area contributed by atoms with E-state index in [2.05, 4.69) is 25.1 Å². The zero-order valence-corrected chi connectivity index (χ0v) is 8.97. The number of carboxylic acids is 2. The average molecular weight is 229 g/mol. The summed E-state index contributed by atoms with van der Waals surface area (Å²) in [6, 6.07) is 0. The van der Waals surface area contributed by atoms with Crippen molar-refractivity contribution in [3.05, 3.63) is 38.0 Å². The summed E-state index contributed by atoms with van der Waals surface area (Å²) in [4.78, 5) is 28.5. The number of amides is 1. The monoisotopic (exact) mass is 229 g/mol. The van der Waals surface area contributed by atoms with Crippen LogP contribution in [0.3, 0.4) is 0 Å². The SMILES string of the molecule is C=CC(=O)NC.C=CC(=O)O.C=CC(=O)O. The molecule has 0 aromatic heterocycles. The summed E-state index contributed by atoms with van der Waals surface area (Å²) < 4.78 is 0. The van der Waals surface area contributed by atoms with Crippen LogP contribution in [0.25, 0.3) is 0 Å². The molecule has 0 rings (SSSR count). The van der Waals surface area contributed by atoms with E-state index in [0.717, 1.165) is 12.2 Å². The van der Waals surface area contributed by atoms with E-state index >= 15 is 0 Å². The molecule has 0 aliphatic rings. The number of nitrogens with one attached hydrogen (secondary N) is 1. The van der Waals surface area contributed by atoms with E-state index < -0.39 is 11.9 Å². The summed E-state index contributed by atoms with van der Waals surface area (Å²) in [5, 5.41) is 17.6. The fourth-order valence-electron chi connectivity index (χ4n) is 0.102. The van der Waals surface area contributed by atoms with E-state index in [9.17, 15) is 14.4 Å². The van der Waals surface area contributed by atoms with E-state index in [0.29, 0.717) is 0 Å². The molecule has 16 heavy (non-hydrogen) atoms. The van der Waals surface area contributed by atoms with E-state index in [1.54, 1.807) is 7.05 Å². The third-order valence-corrected chi connectivity index (χ3v) is 0.781. The number of carbonyl (C=O) groups is 3. The maximum atomic E-state index is 9.95. The van der Waals surface area contributed by atoms with Crippen molar-refractivity contribution in [2.45, 2.75) is 0 Å². The van der Waals surface area contributed by atoms with Crippen LogP contribution in [0.1, 0.15) is 0 Å². The molecule has 0 heterocycles. The maximum Gasteiger partial charge on any atom is 0.327 e. The second-order valence-electron chi connectivity index (χ2n) is 1.90. The van der Waals surface area contributed by atoms with Gasteiger partial charge in [0.1, 0.15) is 0 Å². The Morgan fingerprint density at radius 2 is 1.19 bits per heavy atom. The van der Waals surface area contributed by atoms with Crippen molar-refractivity contribution in [2.75, 3.05) is 7.05 Å². The van der Waals surface area contributed by atoms with Crippen molar-refractivity contribution < 1.29 is 24.6 Å². The third-order valence-electron chi connectivity index (χ3n) is 0.781. The number of rotatable bonds is 3. The van der Waals surface area contributed by atoms with Gasteiger partial charge in [0.05, 0.1) is 0 Å². The number of hydrogen-bond donors (Lipinski definition) is 3. The van der Waals surface area contributed by atoms with Gasteiger partial charge in [0.25, 0.3) is 0 Å². The lowest BCUT2D eigenvalue weighted by Crippen LogP contribution is -2.13. The summed E-state index contributed by atoms with van der Waals surface area (Å²) in [5.41, 5.74) is 0. The van der Waals surface area contributed by atoms with Gasteiger partial charge in [0, 0.05) is 19.2 Å². The molecule has 0 atom stereocenters. The van der Waals surface area contributed by atoms with E-state index in [-0.39, 0.29) is 5.91 Å². The van der Waals surface area contributed by atoms with Crippen molar-refractivity contribution in [1.29, 1.82) is 0 Å². The van der Waals surface area contributed by atoms with Crippen LogP contribution in [0.15, 0.2) is 38.0 Å². The Hall–Kier alpha value is -2.37. The third kappa shape index (κ3) is 41.5. The summed E-state index contributed by atoms with van der Waals surface area (Å²) in [7, 11) is 1.56. The minimum absolute atomic E-state index is 0.144. The maximum absolute atomic E-state index is 9.95. The zero-order valence-electron chi connectivity index (χ0n) is 8.97. The first kappa shape index (κ1) is 19.2.